The normalized spacial score (nSPS) is 24.0. The van der Waals surface area contributed by atoms with Crippen molar-refractivity contribution in [3.8, 4) is 17.6 Å². The van der Waals surface area contributed by atoms with Crippen LogP contribution < -0.4 is 5.32 Å². The smallest absolute Gasteiger partial charge is 0.303 e. The van der Waals surface area contributed by atoms with Crippen LogP contribution in [-0.2, 0) is 24.1 Å². The van der Waals surface area contributed by atoms with Crippen molar-refractivity contribution in [2.24, 2.45) is 5.92 Å². The maximum atomic E-state index is 12.5. The first kappa shape index (κ1) is 45.2. The number of β-amino-alcohol motifs (C(OH)–C–C–N with tert-alkyl or cyclic N) is 1. The molecule has 2 aromatic rings. The van der Waals surface area contributed by atoms with E-state index >= 15 is 0 Å². The monoisotopic (exact) mass is 773 g/mol. The van der Waals surface area contributed by atoms with Crippen molar-refractivity contribution >= 4 is 5.97 Å². The second-order valence-corrected chi connectivity index (χ2v) is 16.2. The quantitative estimate of drug-likeness (QED) is 0.0579. The van der Waals surface area contributed by atoms with E-state index in [4.69, 9.17) is 0 Å². The van der Waals surface area contributed by atoms with Gasteiger partial charge in [-0.15, -0.1) is 0 Å². The van der Waals surface area contributed by atoms with Gasteiger partial charge in [-0.1, -0.05) is 94.2 Å². The summed E-state index contributed by atoms with van der Waals surface area (Å²) < 4.78 is 0. The summed E-state index contributed by atoms with van der Waals surface area (Å²) in [6, 6.07) is 11.1. The van der Waals surface area contributed by atoms with Crippen molar-refractivity contribution in [1.29, 1.82) is 0 Å². The van der Waals surface area contributed by atoms with Crippen LogP contribution in [0.5, 0.6) is 5.75 Å². The molecule has 9 nitrogen and oxygen atoms in total. The summed E-state index contributed by atoms with van der Waals surface area (Å²) in [6.45, 7) is 5.63. The lowest BCUT2D eigenvalue weighted by Gasteiger charge is -2.40. The molecule has 56 heavy (non-hydrogen) atoms. The molecule has 0 saturated heterocycles. The Hall–Kier alpha value is -3.49. The largest absolute Gasteiger partial charge is 0.508 e. The van der Waals surface area contributed by atoms with Gasteiger partial charge in [-0.05, 0) is 122 Å². The number of benzene rings is 2. The van der Waals surface area contributed by atoms with E-state index in [0.717, 1.165) is 61.7 Å². The molecule has 1 aliphatic carbocycles. The van der Waals surface area contributed by atoms with Crippen LogP contribution in [0.4, 0.5) is 0 Å². The van der Waals surface area contributed by atoms with E-state index in [1.807, 2.05) is 12.2 Å². The Labute approximate surface area is 334 Å². The van der Waals surface area contributed by atoms with Crippen molar-refractivity contribution in [1.82, 2.24) is 5.32 Å². The van der Waals surface area contributed by atoms with E-state index < -0.39 is 36.3 Å². The lowest BCUT2D eigenvalue weighted by atomic mass is 9.72. The van der Waals surface area contributed by atoms with Crippen molar-refractivity contribution in [2.75, 3.05) is 19.8 Å². The number of nitrogens with one attached hydrogen (secondary N) is 1. The SMILES string of the molecule is CCCCC[C@H](O)C=CC1=C(C[C@H](O)CO)[C@@H]2NC[C@@](C)(O)[C@H](c3ccc(O)cc3CCO)C#C[C@H](C[C@@H]2CCCCCC(=O)O)c2c(CC)cccc2CC1. The highest BCUT2D eigenvalue weighted by molar-refractivity contribution is 5.66. The van der Waals surface area contributed by atoms with Gasteiger partial charge >= 0.3 is 5.97 Å². The number of carbonyl (C=O) groups is 1. The van der Waals surface area contributed by atoms with Gasteiger partial charge < -0.3 is 41.1 Å². The highest BCUT2D eigenvalue weighted by Gasteiger charge is 2.39. The average molecular weight is 774 g/mol. The van der Waals surface area contributed by atoms with E-state index in [1.54, 1.807) is 25.1 Å². The van der Waals surface area contributed by atoms with Crippen LogP contribution >= 0.6 is 0 Å². The van der Waals surface area contributed by atoms with Crippen LogP contribution in [0.3, 0.4) is 0 Å². The van der Waals surface area contributed by atoms with Crippen molar-refractivity contribution < 1.29 is 40.5 Å². The molecule has 308 valence electrons. The van der Waals surface area contributed by atoms with Gasteiger partial charge in [0.25, 0.3) is 0 Å². The minimum Gasteiger partial charge on any atom is -0.508 e. The molecule has 0 radical (unpaired) electrons. The standard InChI is InChI=1S/C47H67NO8/c1-4-6-8-15-38(51)21-19-33-17-18-34-14-11-13-32(5-2)45(34)36-20-24-43(41-23-22-39(52)28-35(41)25-26-49)47(3,56)31-48-46(42(33)29-40(53)30-50)37(27-36)12-9-7-10-16-44(54)55/h11,13-14,19,21-23,28,36-38,40,43,46,48-53,56H,4-10,12,15-18,25-27,29-31H2,1-3H3,(H,54,55)/t36-,37+,38+,40+,43+,46-,47-/m1/s1. The number of rotatable bonds is 19. The van der Waals surface area contributed by atoms with E-state index in [1.165, 1.54) is 16.7 Å². The molecular formula is C47H67NO8. The van der Waals surface area contributed by atoms with Crippen LogP contribution in [0.25, 0.3) is 0 Å². The third kappa shape index (κ3) is 12.8. The number of phenolic OH excluding ortho intramolecular Hbond substituents is 1. The molecule has 7 atom stereocenters. The Balaban J connectivity index is 2.00. The van der Waals surface area contributed by atoms with Gasteiger partial charge in [0, 0.05) is 31.5 Å². The highest BCUT2D eigenvalue weighted by Crippen LogP contribution is 2.41. The number of allylic oxidation sites excluding steroid dienone is 2. The third-order valence-electron chi connectivity index (χ3n) is 11.8. The van der Waals surface area contributed by atoms with E-state index in [0.29, 0.717) is 37.7 Å². The molecule has 0 fully saturated rings. The van der Waals surface area contributed by atoms with E-state index in [2.05, 4.69) is 49.2 Å². The summed E-state index contributed by atoms with van der Waals surface area (Å²) in [6.07, 6.45) is 12.1. The number of hydrogen-bond donors (Lipinski definition) is 8. The minimum absolute atomic E-state index is 0.0419. The summed E-state index contributed by atoms with van der Waals surface area (Å²) in [5.41, 5.74) is 5.52. The first-order valence-electron chi connectivity index (χ1n) is 21.0. The molecule has 2 aliphatic rings. The minimum atomic E-state index is -1.43. The number of unbranched alkanes of at least 4 members (excludes halogenated alkanes) is 4. The number of aliphatic hydroxyl groups is 5. The molecule has 9 heteroatoms. The Bertz CT molecular complexity index is 1690. The van der Waals surface area contributed by atoms with Gasteiger partial charge in [-0.3, -0.25) is 4.79 Å². The highest BCUT2D eigenvalue weighted by atomic mass is 16.4. The Morgan fingerprint density at radius 1 is 1.02 bits per heavy atom. The molecule has 0 saturated carbocycles. The number of aromatic hydroxyl groups is 1. The first-order chi connectivity index (χ1) is 26.9. The summed E-state index contributed by atoms with van der Waals surface area (Å²) in [4.78, 5) is 11.4. The number of aliphatic carboxylic acids is 1. The molecule has 0 unspecified atom stereocenters. The molecule has 2 aromatic carbocycles. The van der Waals surface area contributed by atoms with Crippen LogP contribution in [-0.4, -0.2) is 85.3 Å². The lowest BCUT2D eigenvalue weighted by molar-refractivity contribution is -0.137. The number of fused-ring (bicyclic) bond motifs is 5. The van der Waals surface area contributed by atoms with Crippen molar-refractivity contribution in [3.05, 3.63) is 87.5 Å². The molecule has 8 N–H and O–H groups in total. The van der Waals surface area contributed by atoms with E-state index in [-0.39, 0.29) is 56.0 Å². The number of carboxylic acid groups (broad SMARTS) is 1. The predicted octanol–water partition coefficient (Wildman–Crippen LogP) is 6.61. The fourth-order valence-electron chi connectivity index (χ4n) is 8.75. The molecule has 1 aliphatic heterocycles. The molecule has 0 spiro atoms. The Morgan fingerprint density at radius 3 is 2.54 bits per heavy atom. The van der Waals surface area contributed by atoms with Gasteiger partial charge in [0.05, 0.1) is 30.3 Å². The first-order valence-corrected chi connectivity index (χ1v) is 21.0. The predicted molar refractivity (Wildman–Crippen MR) is 222 cm³/mol. The number of carboxylic acids is 1. The van der Waals surface area contributed by atoms with Gasteiger partial charge in [-0.25, -0.2) is 0 Å². The number of hydrogen-bond acceptors (Lipinski definition) is 8. The summed E-state index contributed by atoms with van der Waals surface area (Å²) in [5, 5.41) is 78.4. The van der Waals surface area contributed by atoms with Crippen LogP contribution in [0.2, 0.25) is 0 Å². The maximum Gasteiger partial charge on any atom is 0.303 e. The number of aryl methyl sites for hydroxylation is 2. The van der Waals surface area contributed by atoms with E-state index in [9.17, 15) is 40.5 Å². The number of aliphatic hydroxyl groups excluding tert-OH is 4. The van der Waals surface area contributed by atoms with Crippen molar-refractivity contribution in [3.63, 3.8) is 0 Å². The molecule has 0 aromatic heterocycles. The van der Waals surface area contributed by atoms with Crippen LogP contribution in [0.1, 0.15) is 137 Å². The zero-order chi connectivity index (χ0) is 40.7. The second-order valence-electron chi connectivity index (χ2n) is 16.2. The topological polar surface area (TPSA) is 171 Å². The molecule has 0 amide bonds. The Morgan fingerprint density at radius 2 is 1.82 bits per heavy atom. The zero-order valence-electron chi connectivity index (χ0n) is 33.8. The fraction of sp³-hybridized carbons (Fsp3) is 0.596. The second kappa shape index (κ2) is 22.4. The third-order valence-corrected chi connectivity index (χ3v) is 11.8. The van der Waals surface area contributed by atoms with Gasteiger partial charge in [0.15, 0.2) is 0 Å². The average Bonchev–Trinajstić information content (AvgIpc) is 3.16. The van der Waals surface area contributed by atoms with Crippen LogP contribution in [0.15, 0.2) is 59.7 Å². The summed E-state index contributed by atoms with van der Waals surface area (Å²) in [5.74, 6) is 5.58. The fourth-order valence-corrected chi connectivity index (χ4v) is 8.75. The maximum absolute atomic E-state index is 12.5. The van der Waals surface area contributed by atoms with Gasteiger partial charge in [0.1, 0.15) is 5.75 Å². The van der Waals surface area contributed by atoms with Gasteiger partial charge in [0.2, 0.25) is 0 Å². The summed E-state index contributed by atoms with van der Waals surface area (Å²) in [7, 11) is 0. The molecule has 4 rings (SSSR count). The molecule has 1 heterocycles. The molecule has 2 bridgehead atoms. The molecular weight excluding hydrogens is 707 g/mol. The van der Waals surface area contributed by atoms with Crippen molar-refractivity contribution in [2.45, 2.75) is 153 Å². The zero-order valence-corrected chi connectivity index (χ0v) is 33.8. The van der Waals surface area contributed by atoms with Gasteiger partial charge in [-0.2, -0.15) is 0 Å². The lowest BCUT2D eigenvalue weighted by Crippen LogP contribution is -2.50. The Kier molecular flexibility index (Phi) is 18.1. The summed E-state index contributed by atoms with van der Waals surface area (Å²) >= 11 is 0. The van der Waals surface area contributed by atoms with Crippen LogP contribution in [0, 0.1) is 17.8 Å². The number of phenols is 1.